The van der Waals surface area contributed by atoms with E-state index in [0.717, 1.165) is 41.7 Å². The Morgan fingerprint density at radius 3 is 2.08 bits per heavy atom. The van der Waals surface area contributed by atoms with Crippen molar-refractivity contribution in [3.63, 3.8) is 0 Å². The number of cyclic esters (lactones) is 1. The molecule has 38 heavy (non-hydrogen) atoms. The van der Waals surface area contributed by atoms with E-state index in [4.69, 9.17) is 14.6 Å². The van der Waals surface area contributed by atoms with Gasteiger partial charge in [0.05, 0.1) is 0 Å². The van der Waals surface area contributed by atoms with Gasteiger partial charge in [-0.25, -0.2) is 0 Å². The quantitative estimate of drug-likeness (QED) is 0.326. The Balaban J connectivity index is 0.000000224. The molecule has 2 atom stereocenters. The summed E-state index contributed by atoms with van der Waals surface area (Å²) < 4.78 is 11.1. The Labute approximate surface area is 227 Å². The highest BCUT2D eigenvalue weighted by Gasteiger charge is 2.34. The summed E-state index contributed by atoms with van der Waals surface area (Å²) in [6, 6.07) is 6.05. The summed E-state index contributed by atoms with van der Waals surface area (Å²) >= 11 is 0. The van der Waals surface area contributed by atoms with E-state index >= 15 is 0 Å². The second kappa shape index (κ2) is 12.5. The molecule has 6 nitrogen and oxygen atoms in total. The SMILES string of the molecule is C=CC1(C)CCC(=O)O1.Cc1cc(C)c(C)c(O)c1.Cc1cc(C)c2c(c1C)OC(C)(CCC(=O)O)CC2. The van der Waals surface area contributed by atoms with Gasteiger partial charge in [0.15, 0.2) is 0 Å². The van der Waals surface area contributed by atoms with Crippen LogP contribution >= 0.6 is 0 Å². The zero-order valence-corrected chi connectivity index (χ0v) is 24.3. The van der Waals surface area contributed by atoms with Crippen LogP contribution in [0.1, 0.15) is 84.9 Å². The molecule has 2 heterocycles. The fraction of sp³-hybridized carbons (Fsp3) is 0.500. The average Bonchev–Trinajstić information content (AvgIpc) is 3.19. The summed E-state index contributed by atoms with van der Waals surface area (Å²) in [6.45, 7) is 19.7. The highest BCUT2D eigenvalue weighted by molar-refractivity contribution is 5.72. The summed E-state index contributed by atoms with van der Waals surface area (Å²) in [6.07, 6.45) is 5.56. The minimum Gasteiger partial charge on any atom is -0.508 e. The number of esters is 1. The molecule has 2 unspecified atom stereocenters. The van der Waals surface area contributed by atoms with Crippen LogP contribution in [-0.4, -0.2) is 33.4 Å². The first-order valence-electron chi connectivity index (χ1n) is 13.2. The standard InChI is InChI=1S/C16H22O3.C9H12O.C7H10O2/c1-10-9-11(2)13-5-7-16(4,8-6-14(17)18)19-15(13)12(10)3;1-6-4-7(2)8(3)9(10)5-6;1-3-7(2)5-4-6(8)9-7/h9H,5-8H2,1-4H3,(H,17,18);4-5,10H,1-3H3;3H,1,4-5H2,2H3. The van der Waals surface area contributed by atoms with Gasteiger partial charge in [-0.2, -0.15) is 0 Å². The molecule has 6 heteroatoms. The molecule has 1 fully saturated rings. The van der Waals surface area contributed by atoms with Crippen LogP contribution in [0.15, 0.2) is 30.9 Å². The van der Waals surface area contributed by atoms with Crippen molar-refractivity contribution >= 4 is 11.9 Å². The molecule has 0 radical (unpaired) electrons. The number of ether oxygens (including phenoxy) is 2. The van der Waals surface area contributed by atoms with Crippen molar-refractivity contribution in [1.29, 1.82) is 0 Å². The third-order valence-corrected chi connectivity index (χ3v) is 7.62. The first-order chi connectivity index (χ1) is 17.6. The van der Waals surface area contributed by atoms with Gasteiger partial charge in [0.2, 0.25) is 0 Å². The first-order valence-corrected chi connectivity index (χ1v) is 13.2. The molecule has 2 aromatic rings. The van der Waals surface area contributed by atoms with Crippen LogP contribution in [0.2, 0.25) is 0 Å². The van der Waals surface area contributed by atoms with E-state index in [1.54, 1.807) is 12.1 Å². The summed E-state index contributed by atoms with van der Waals surface area (Å²) in [7, 11) is 0. The molecule has 2 aliphatic heterocycles. The number of carboxylic acids is 1. The normalized spacial score (nSPS) is 21.5. The van der Waals surface area contributed by atoms with Crippen LogP contribution in [0.3, 0.4) is 0 Å². The molecule has 0 spiro atoms. The maximum absolute atomic E-state index is 10.7. The van der Waals surface area contributed by atoms with Crippen LogP contribution in [0.5, 0.6) is 11.5 Å². The number of aliphatic carboxylic acids is 1. The Morgan fingerprint density at radius 1 is 0.947 bits per heavy atom. The molecule has 0 aliphatic carbocycles. The number of carboxylic acid groups (broad SMARTS) is 1. The Bertz CT molecular complexity index is 1170. The lowest BCUT2D eigenvalue weighted by molar-refractivity contribution is -0.144. The van der Waals surface area contributed by atoms with Crippen molar-refractivity contribution in [1.82, 2.24) is 0 Å². The van der Waals surface area contributed by atoms with Crippen LogP contribution in [0.4, 0.5) is 0 Å². The van der Waals surface area contributed by atoms with Gasteiger partial charge in [-0.3, -0.25) is 9.59 Å². The van der Waals surface area contributed by atoms with E-state index < -0.39 is 5.97 Å². The van der Waals surface area contributed by atoms with E-state index in [2.05, 4.69) is 39.5 Å². The Morgan fingerprint density at radius 2 is 1.58 bits per heavy atom. The Kier molecular flexibility index (Phi) is 10.2. The van der Waals surface area contributed by atoms with Crippen molar-refractivity contribution < 1.29 is 29.3 Å². The second-order valence-corrected chi connectivity index (χ2v) is 11.1. The van der Waals surface area contributed by atoms with Crippen LogP contribution in [0, 0.1) is 41.5 Å². The van der Waals surface area contributed by atoms with E-state index in [1.165, 1.54) is 22.3 Å². The molecule has 0 amide bonds. The van der Waals surface area contributed by atoms with Gasteiger partial charge in [0.1, 0.15) is 22.7 Å². The molecule has 2 aliphatic rings. The zero-order chi connectivity index (χ0) is 28.8. The predicted molar refractivity (Wildman–Crippen MR) is 151 cm³/mol. The molecule has 0 bridgehead atoms. The molecular weight excluding hydrogens is 480 g/mol. The smallest absolute Gasteiger partial charge is 0.306 e. The number of carbonyl (C=O) groups is 2. The van der Waals surface area contributed by atoms with Gasteiger partial charge < -0.3 is 19.7 Å². The van der Waals surface area contributed by atoms with E-state index in [-0.39, 0.29) is 23.6 Å². The largest absolute Gasteiger partial charge is 0.508 e. The number of aromatic hydroxyl groups is 1. The van der Waals surface area contributed by atoms with Crippen molar-refractivity contribution in [2.24, 2.45) is 0 Å². The molecule has 0 aromatic heterocycles. The summed E-state index contributed by atoms with van der Waals surface area (Å²) in [5, 5.41) is 18.1. The molecule has 4 rings (SSSR count). The lowest BCUT2D eigenvalue weighted by Gasteiger charge is -2.37. The van der Waals surface area contributed by atoms with Crippen molar-refractivity contribution in [3.05, 3.63) is 69.8 Å². The number of phenolic OH excluding ortho intramolecular Hbond substituents is 1. The lowest BCUT2D eigenvalue weighted by atomic mass is 9.85. The third kappa shape index (κ3) is 8.11. The van der Waals surface area contributed by atoms with Crippen LogP contribution in [0.25, 0.3) is 0 Å². The zero-order valence-electron chi connectivity index (χ0n) is 24.3. The lowest BCUT2D eigenvalue weighted by Crippen LogP contribution is -2.37. The van der Waals surface area contributed by atoms with Crippen molar-refractivity contribution in [2.45, 2.75) is 105 Å². The number of carbonyl (C=O) groups excluding carboxylic acids is 1. The summed E-state index contributed by atoms with van der Waals surface area (Å²) in [5.41, 5.74) is 7.49. The third-order valence-electron chi connectivity index (χ3n) is 7.62. The van der Waals surface area contributed by atoms with Gasteiger partial charge >= 0.3 is 11.9 Å². The molecule has 2 N–H and O–H groups in total. The maximum Gasteiger partial charge on any atom is 0.306 e. The molecule has 208 valence electrons. The van der Waals surface area contributed by atoms with Gasteiger partial charge in [-0.05, 0) is 126 Å². The topological polar surface area (TPSA) is 93.1 Å². The van der Waals surface area contributed by atoms with Crippen LogP contribution in [-0.2, 0) is 20.7 Å². The summed E-state index contributed by atoms with van der Waals surface area (Å²) in [4.78, 5) is 21.3. The fourth-order valence-corrected chi connectivity index (χ4v) is 4.66. The van der Waals surface area contributed by atoms with E-state index in [0.29, 0.717) is 18.6 Å². The summed E-state index contributed by atoms with van der Waals surface area (Å²) in [5.74, 6) is 0.513. The van der Waals surface area contributed by atoms with Gasteiger partial charge in [-0.15, -0.1) is 0 Å². The van der Waals surface area contributed by atoms with Gasteiger partial charge in [0, 0.05) is 19.3 Å². The number of aryl methyl sites for hydroxylation is 4. The van der Waals surface area contributed by atoms with E-state index in [9.17, 15) is 14.7 Å². The molecule has 2 aromatic carbocycles. The minimum atomic E-state index is -0.757. The molecule has 0 saturated carbocycles. The monoisotopic (exact) mass is 524 g/mol. The number of rotatable bonds is 4. The first kappa shape index (κ1) is 30.9. The fourth-order valence-electron chi connectivity index (χ4n) is 4.66. The second-order valence-electron chi connectivity index (χ2n) is 11.1. The van der Waals surface area contributed by atoms with Crippen molar-refractivity contribution in [2.75, 3.05) is 0 Å². The minimum absolute atomic E-state index is 0.114. The van der Waals surface area contributed by atoms with Crippen molar-refractivity contribution in [3.8, 4) is 11.5 Å². The number of hydrogen-bond donors (Lipinski definition) is 2. The molecular formula is C32H44O6. The maximum atomic E-state index is 10.7. The van der Waals surface area contributed by atoms with Gasteiger partial charge in [0.25, 0.3) is 0 Å². The highest BCUT2D eigenvalue weighted by Crippen LogP contribution is 2.40. The Hall–Kier alpha value is -3.28. The van der Waals surface area contributed by atoms with E-state index in [1.807, 2.05) is 34.6 Å². The molecule has 1 saturated heterocycles. The van der Waals surface area contributed by atoms with Gasteiger partial charge in [-0.1, -0.05) is 18.7 Å². The highest BCUT2D eigenvalue weighted by atomic mass is 16.6. The predicted octanol–water partition coefficient (Wildman–Crippen LogP) is 7.15. The number of benzene rings is 2. The number of fused-ring (bicyclic) bond motifs is 1. The number of phenols is 1. The number of hydrogen-bond acceptors (Lipinski definition) is 5. The van der Waals surface area contributed by atoms with Crippen LogP contribution < -0.4 is 4.74 Å². The average molecular weight is 525 g/mol.